The maximum Gasteiger partial charge on any atom is 0.219 e. The Kier molecular flexibility index (Phi) is 2.46. The minimum Gasteiger partial charge on any atom is -0.353 e. The highest BCUT2D eigenvalue weighted by atomic mass is 16.5. The summed E-state index contributed by atoms with van der Waals surface area (Å²) in [6.07, 6.45) is 0. The molecule has 0 aliphatic carbocycles. The van der Waals surface area contributed by atoms with Crippen molar-refractivity contribution >= 4 is 5.91 Å². The van der Waals surface area contributed by atoms with Gasteiger partial charge in [-0.25, -0.2) is 0 Å². The van der Waals surface area contributed by atoms with E-state index in [1.54, 1.807) is 0 Å². The fraction of sp³-hybridized carbons (Fsp3) is 0.857. The smallest absolute Gasteiger partial charge is 0.219 e. The van der Waals surface area contributed by atoms with Crippen molar-refractivity contribution in [2.75, 3.05) is 19.7 Å². The van der Waals surface area contributed by atoms with Crippen molar-refractivity contribution < 1.29 is 9.53 Å². The Balaban J connectivity index is 2.43. The molecule has 11 heavy (non-hydrogen) atoms. The lowest BCUT2D eigenvalue weighted by atomic mass is 10.2. The second-order valence-corrected chi connectivity index (χ2v) is 2.94. The lowest BCUT2D eigenvalue weighted by molar-refractivity contribution is -0.133. The van der Waals surface area contributed by atoms with Gasteiger partial charge in [0, 0.05) is 20.0 Å². The molecule has 0 aromatic heterocycles. The van der Waals surface area contributed by atoms with Gasteiger partial charge in [0.1, 0.15) is 0 Å². The van der Waals surface area contributed by atoms with Crippen molar-refractivity contribution in [1.82, 2.24) is 10.6 Å². The van der Waals surface area contributed by atoms with Crippen LogP contribution in [0.4, 0.5) is 0 Å². The second kappa shape index (κ2) is 3.19. The molecule has 1 fully saturated rings. The van der Waals surface area contributed by atoms with Crippen LogP contribution < -0.4 is 10.6 Å². The summed E-state index contributed by atoms with van der Waals surface area (Å²) < 4.78 is 5.38. The van der Waals surface area contributed by atoms with Gasteiger partial charge in [0.2, 0.25) is 5.91 Å². The Hall–Kier alpha value is -0.610. The topological polar surface area (TPSA) is 50.4 Å². The summed E-state index contributed by atoms with van der Waals surface area (Å²) in [5, 5.41) is 5.88. The molecule has 0 radical (unpaired) electrons. The van der Waals surface area contributed by atoms with Gasteiger partial charge in [0.25, 0.3) is 0 Å². The molecule has 2 N–H and O–H groups in total. The third-order valence-corrected chi connectivity index (χ3v) is 1.60. The van der Waals surface area contributed by atoms with E-state index in [0.29, 0.717) is 13.2 Å². The highest BCUT2D eigenvalue weighted by Crippen LogP contribution is 2.07. The molecule has 1 aliphatic rings. The Morgan fingerprint density at radius 2 is 2.45 bits per heavy atom. The maximum absolute atomic E-state index is 10.7. The normalized spacial score (nSPS) is 31.5. The molecule has 64 valence electrons. The van der Waals surface area contributed by atoms with Gasteiger partial charge in [-0.3, -0.25) is 4.79 Å². The first kappa shape index (κ1) is 8.49. The van der Waals surface area contributed by atoms with Crippen LogP contribution >= 0.6 is 0 Å². The largest absolute Gasteiger partial charge is 0.353 e. The lowest BCUT2D eigenvalue weighted by Gasteiger charge is -2.34. The highest BCUT2D eigenvalue weighted by Gasteiger charge is 2.27. The maximum atomic E-state index is 10.7. The van der Waals surface area contributed by atoms with E-state index in [4.69, 9.17) is 4.74 Å². The number of hydrogen-bond donors (Lipinski definition) is 2. The van der Waals surface area contributed by atoms with E-state index >= 15 is 0 Å². The number of ether oxygens (including phenoxy) is 1. The predicted molar refractivity (Wildman–Crippen MR) is 41.0 cm³/mol. The zero-order valence-corrected chi connectivity index (χ0v) is 6.94. The number of hydrogen-bond acceptors (Lipinski definition) is 3. The quantitative estimate of drug-likeness (QED) is 0.539. The molecule has 0 bridgehead atoms. The van der Waals surface area contributed by atoms with E-state index in [1.807, 2.05) is 6.92 Å². The summed E-state index contributed by atoms with van der Waals surface area (Å²) in [6.45, 7) is 5.53. The molecular formula is C7H14N2O2. The van der Waals surface area contributed by atoms with Crippen molar-refractivity contribution in [2.45, 2.75) is 19.6 Å². The number of nitrogens with one attached hydrogen (secondary N) is 2. The van der Waals surface area contributed by atoms with E-state index in [1.165, 1.54) is 6.92 Å². The minimum absolute atomic E-state index is 0.0591. The molecule has 1 aliphatic heterocycles. The van der Waals surface area contributed by atoms with Gasteiger partial charge < -0.3 is 15.4 Å². The number of amides is 1. The molecule has 0 aromatic rings. The first-order chi connectivity index (χ1) is 5.12. The molecule has 1 amide bonds. The predicted octanol–water partition coefficient (Wildman–Crippen LogP) is -0.541. The van der Waals surface area contributed by atoms with Crippen molar-refractivity contribution in [2.24, 2.45) is 0 Å². The molecular weight excluding hydrogens is 144 g/mol. The van der Waals surface area contributed by atoms with Crippen LogP contribution in [0.25, 0.3) is 0 Å². The van der Waals surface area contributed by atoms with E-state index in [-0.39, 0.29) is 5.91 Å². The number of morpholine rings is 1. The zero-order valence-electron chi connectivity index (χ0n) is 6.94. The van der Waals surface area contributed by atoms with Crippen LogP contribution in [0.15, 0.2) is 0 Å². The summed E-state index contributed by atoms with van der Waals surface area (Å²) in [4.78, 5) is 10.7. The Bertz CT molecular complexity index is 153. The van der Waals surface area contributed by atoms with Crippen molar-refractivity contribution in [3.63, 3.8) is 0 Å². The van der Waals surface area contributed by atoms with Crippen LogP contribution in [-0.4, -0.2) is 31.3 Å². The Morgan fingerprint density at radius 1 is 1.73 bits per heavy atom. The number of rotatable bonds is 1. The van der Waals surface area contributed by atoms with Gasteiger partial charge in [0.05, 0.1) is 6.61 Å². The molecule has 4 nitrogen and oxygen atoms in total. The molecule has 0 spiro atoms. The van der Waals surface area contributed by atoms with Crippen LogP contribution in [0, 0.1) is 0 Å². The second-order valence-electron chi connectivity index (χ2n) is 2.94. The number of carbonyl (C=O) groups is 1. The average molecular weight is 158 g/mol. The summed E-state index contributed by atoms with van der Waals surface area (Å²) in [5.41, 5.74) is -0.510. The lowest BCUT2D eigenvalue weighted by Crippen LogP contribution is -2.58. The molecule has 0 saturated carbocycles. The first-order valence-corrected chi connectivity index (χ1v) is 3.76. The van der Waals surface area contributed by atoms with Gasteiger partial charge in [-0.15, -0.1) is 0 Å². The van der Waals surface area contributed by atoms with Crippen molar-refractivity contribution in [1.29, 1.82) is 0 Å². The fourth-order valence-corrected chi connectivity index (χ4v) is 1.18. The Morgan fingerprint density at radius 3 is 2.91 bits per heavy atom. The highest BCUT2D eigenvalue weighted by molar-refractivity contribution is 5.73. The molecule has 1 heterocycles. The van der Waals surface area contributed by atoms with Crippen LogP contribution in [-0.2, 0) is 9.53 Å². The van der Waals surface area contributed by atoms with E-state index < -0.39 is 5.72 Å². The first-order valence-electron chi connectivity index (χ1n) is 3.76. The molecule has 1 saturated heterocycles. The van der Waals surface area contributed by atoms with Crippen molar-refractivity contribution in [3.8, 4) is 0 Å². The van der Waals surface area contributed by atoms with Crippen LogP contribution in [0.2, 0.25) is 0 Å². The van der Waals surface area contributed by atoms with Gasteiger partial charge >= 0.3 is 0 Å². The van der Waals surface area contributed by atoms with E-state index in [9.17, 15) is 4.79 Å². The minimum atomic E-state index is -0.510. The summed E-state index contributed by atoms with van der Waals surface area (Å²) in [6, 6.07) is 0. The van der Waals surface area contributed by atoms with Crippen LogP contribution in [0.1, 0.15) is 13.8 Å². The Labute approximate surface area is 66.3 Å². The standard InChI is InChI=1S/C7H14N2O2/c1-6(10)9-7(2)5-8-3-4-11-7/h8H,3-5H2,1-2H3,(H,9,10). The van der Waals surface area contributed by atoms with Gasteiger partial charge in [0.15, 0.2) is 5.72 Å². The van der Waals surface area contributed by atoms with Crippen molar-refractivity contribution in [3.05, 3.63) is 0 Å². The molecule has 1 atom stereocenters. The van der Waals surface area contributed by atoms with Gasteiger partial charge in [-0.05, 0) is 6.92 Å². The fourth-order valence-electron chi connectivity index (χ4n) is 1.18. The molecule has 1 unspecified atom stereocenters. The summed E-state index contributed by atoms with van der Waals surface area (Å²) >= 11 is 0. The van der Waals surface area contributed by atoms with Crippen LogP contribution in [0.3, 0.4) is 0 Å². The third-order valence-electron chi connectivity index (χ3n) is 1.60. The molecule has 1 rings (SSSR count). The molecule has 4 heteroatoms. The number of carbonyl (C=O) groups excluding carboxylic acids is 1. The average Bonchev–Trinajstić information content (AvgIpc) is 1.85. The van der Waals surface area contributed by atoms with E-state index in [2.05, 4.69) is 10.6 Å². The van der Waals surface area contributed by atoms with Gasteiger partial charge in [-0.1, -0.05) is 0 Å². The zero-order chi connectivity index (χ0) is 8.32. The van der Waals surface area contributed by atoms with Gasteiger partial charge in [-0.2, -0.15) is 0 Å². The summed E-state index contributed by atoms with van der Waals surface area (Å²) in [7, 11) is 0. The molecule has 0 aromatic carbocycles. The monoisotopic (exact) mass is 158 g/mol. The third kappa shape index (κ3) is 2.48. The SMILES string of the molecule is CC(=O)NC1(C)CNCCO1. The van der Waals surface area contributed by atoms with E-state index in [0.717, 1.165) is 6.54 Å². The summed E-state index contributed by atoms with van der Waals surface area (Å²) in [5.74, 6) is -0.0591. The van der Waals surface area contributed by atoms with Crippen LogP contribution in [0.5, 0.6) is 0 Å².